The van der Waals surface area contributed by atoms with Gasteiger partial charge < -0.3 is 18.4 Å². The van der Waals surface area contributed by atoms with E-state index in [1.807, 2.05) is 6.07 Å². The molecular weight excluding hydrogens is 1440 g/mol. The Hall–Kier alpha value is -9.65. The average molecular weight is 1510 g/mol. The van der Waals surface area contributed by atoms with Crippen LogP contribution in [-0.4, -0.2) is 27.5 Å². The molecule has 17 rings (SSSR count). The fraction of sp³-hybridized carbons (Fsp3) is 0.0667. The predicted octanol–water partition coefficient (Wildman–Crippen LogP) is 25.4. The van der Waals surface area contributed by atoms with Gasteiger partial charge in [-0.15, -0.1) is 0 Å². The van der Waals surface area contributed by atoms with Gasteiger partial charge in [0.1, 0.15) is 0 Å². The molecule has 3 heterocycles. The molecule has 4 nitrogen and oxygen atoms in total. The van der Waals surface area contributed by atoms with Crippen LogP contribution in [0, 0.1) is 3.57 Å². The second-order valence-corrected chi connectivity index (χ2v) is 29.0. The molecule has 0 bridgehead atoms. The molecule has 0 unspecified atom stereocenters. The lowest BCUT2D eigenvalue weighted by Gasteiger charge is -2.32. The van der Waals surface area contributed by atoms with Crippen LogP contribution in [0.15, 0.2) is 349 Å². The largest absolute Gasteiger partial charge is 0.494 e. The van der Waals surface area contributed by atoms with E-state index >= 15 is 0 Å². The van der Waals surface area contributed by atoms with Gasteiger partial charge in [-0.25, -0.2) is 0 Å². The Kier molecular flexibility index (Phi) is 18.2. The number of rotatable bonds is 10. The Morgan fingerprint density at radius 2 is 0.571 bits per heavy atom. The molecule has 0 aliphatic carbocycles. The summed E-state index contributed by atoms with van der Waals surface area (Å²) >= 11 is 9.39. The summed E-state index contributed by atoms with van der Waals surface area (Å²) in [5.41, 5.74) is 24.1. The van der Waals surface area contributed by atoms with Crippen molar-refractivity contribution in [1.29, 1.82) is 0 Å². The summed E-state index contributed by atoms with van der Waals surface area (Å²) < 4.78 is 21.2. The van der Waals surface area contributed by atoms with Gasteiger partial charge in [-0.1, -0.05) is 275 Å². The third-order valence-corrected chi connectivity index (χ3v) is 20.8. The first kappa shape index (κ1) is 64.4. The highest BCUT2D eigenvalue weighted by Crippen LogP contribution is 2.42. The van der Waals surface area contributed by atoms with Crippen molar-refractivity contribution >= 4 is 111 Å². The maximum atomic E-state index is 6.44. The minimum atomic E-state index is -0.420. The maximum Gasteiger partial charge on any atom is 0.494 e. The van der Waals surface area contributed by atoms with E-state index in [2.05, 4.69) is 425 Å². The van der Waals surface area contributed by atoms with Gasteiger partial charge in [0.15, 0.2) is 0 Å². The lowest BCUT2D eigenvalue weighted by molar-refractivity contribution is 0.00578. The number of hydrogen-bond donors (Lipinski definition) is 0. The molecule has 1 aliphatic heterocycles. The fourth-order valence-corrected chi connectivity index (χ4v) is 14.5. The highest BCUT2D eigenvalue weighted by molar-refractivity contribution is 14.1. The fourth-order valence-electron chi connectivity index (χ4n) is 13.3. The van der Waals surface area contributed by atoms with Crippen LogP contribution in [-0.2, 0) is 9.31 Å². The zero-order chi connectivity index (χ0) is 66.9. The third-order valence-electron chi connectivity index (χ3n) is 19.1. The molecule has 2 aromatic heterocycles. The van der Waals surface area contributed by atoms with E-state index in [0.29, 0.717) is 0 Å². The van der Waals surface area contributed by atoms with E-state index in [9.17, 15) is 0 Å². The van der Waals surface area contributed by atoms with Crippen molar-refractivity contribution in [3.63, 3.8) is 0 Å². The van der Waals surface area contributed by atoms with E-state index < -0.39 is 18.3 Å². The van der Waals surface area contributed by atoms with Crippen molar-refractivity contribution in [1.82, 2.24) is 9.13 Å². The monoisotopic (exact) mass is 1500 g/mol. The lowest BCUT2D eigenvalue weighted by Crippen LogP contribution is -2.41. The maximum absolute atomic E-state index is 6.44. The van der Waals surface area contributed by atoms with Crippen LogP contribution in [0.3, 0.4) is 0 Å². The molecule has 98 heavy (non-hydrogen) atoms. The van der Waals surface area contributed by atoms with Gasteiger partial charge in [0.25, 0.3) is 0 Å². The molecule has 0 saturated carbocycles. The summed E-state index contributed by atoms with van der Waals surface area (Å²) in [6, 6.07) is 122. The summed E-state index contributed by atoms with van der Waals surface area (Å²) in [5, 5.41) is 4.94. The van der Waals surface area contributed by atoms with Crippen molar-refractivity contribution < 1.29 is 9.31 Å². The van der Waals surface area contributed by atoms with Gasteiger partial charge in [-0.05, 0) is 231 Å². The average Bonchev–Trinajstić information content (AvgIpc) is 1.59. The number of benzene rings is 14. The summed E-state index contributed by atoms with van der Waals surface area (Å²) in [7, 11) is -0.420. The minimum Gasteiger partial charge on any atom is -0.399 e. The Bertz CT molecular complexity index is 5410. The molecule has 0 radical (unpaired) electrons. The molecule has 474 valence electrons. The van der Waals surface area contributed by atoms with Crippen LogP contribution in [0.4, 0.5) is 0 Å². The zero-order valence-corrected chi connectivity index (χ0v) is 60.1. The summed E-state index contributed by atoms with van der Waals surface area (Å²) in [5.74, 6) is 0. The van der Waals surface area contributed by atoms with Gasteiger partial charge in [-0.2, -0.15) is 0 Å². The first-order valence-corrected chi connectivity index (χ1v) is 35.8. The number of para-hydroxylation sites is 2. The molecule has 8 heteroatoms. The third kappa shape index (κ3) is 13.3. The minimum absolute atomic E-state index is 0.395. The molecule has 1 fully saturated rings. The van der Waals surface area contributed by atoms with Crippen LogP contribution >= 0.6 is 54.5 Å². The lowest BCUT2D eigenvalue weighted by atomic mass is 9.79. The van der Waals surface area contributed by atoms with Crippen molar-refractivity contribution in [2.45, 2.75) is 38.9 Å². The van der Waals surface area contributed by atoms with E-state index in [4.69, 9.17) is 9.31 Å². The zero-order valence-electron chi connectivity index (χ0n) is 54.8. The summed E-state index contributed by atoms with van der Waals surface area (Å²) in [6.45, 7) is 8.40. The Labute approximate surface area is 604 Å². The van der Waals surface area contributed by atoms with E-state index in [1.165, 1.54) is 120 Å². The second kappa shape index (κ2) is 27.7. The molecule has 0 amide bonds. The quantitative estimate of drug-likeness (QED) is 0.101. The Morgan fingerprint density at radius 1 is 0.265 bits per heavy atom. The SMILES string of the molecule is Brc1cccc(-c2ccc(-c3ccc4c5ccccc5n(-c5cc(-c6ccccc6)cc(-c6ccccc6)c5)c4c3)cc2)c1.Brc1cccc(-c2ccc(I)cc2)c1.CC1(C)OB(c2ccc3c4ccccc4n(-c4cc(-c5ccccc5)cc(-c5ccccc5)c4)c3c2)OC1(C)C. The second-order valence-electron chi connectivity index (χ2n) is 25.9. The summed E-state index contributed by atoms with van der Waals surface area (Å²) in [4.78, 5) is 0. The van der Waals surface area contributed by atoms with Gasteiger partial charge in [0.05, 0.1) is 33.3 Å². The number of fused-ring (bicyclic) bond motifs is 6. The van der Waals surface area contributed by atoms with Gasteiger partial charge >= 0.3 is 7.12 Å². The van der Waals surface area contributed by atoms with Gasteiger partial charge in [0, 0.05) is 45.4 Å². The normalized spacial score (nSPS) is 13.1. The topological polar surface area (TPSA) is 28.3 Å². The standard InChI is InChI=1S/C42H28BrN.C36H32BNO2.C12H8BrI/c43-37-15-9-14-33(25-37)31-18-20-32(21-19-31)34-22-23-40-39-16-7-8-17-41(39)44(42(40)28-34)38-26-35(29-10-3-1-4-11-29)24-36(27-38)30-12-5-2-6-13-30;1-35(2)36(3,4)40-37(39-35)29-19-20-32-31-17-11-12-18-33(31)38(34(32)24-29)30-22-27(25-13-7-5-8-14-25)21-28(23-30)26-15-9-6-10-16-26;13-11-3-1-2-10(8-11)9-4-6-12(14)7-5-9/h1-28H;5-24H,1-4H3;1-8H. The van der Waals surface area contributed by atoms with E-state index in [-0.39, 0.29) is 0 Å². The van der Waals surface area contributed by atoms with Gasteiger partial charge in [0.2, 0.25) is 0 Å². The van der Waals surface area contributed by atoms with E-state index in [1.54, 1.807) is 0 Å². The highest BCUT2D eigenvalue weighted by atomic mass is 127. The first-order chi connectivity index (χ1) is 47.8. The van der Waals surface area contributed by atoms with Crippen molar-refractivity contribution in [2.24, 2.45) is 0 Å². The summed E-state index contributed by atoms with van der Waals surface area (Å²) in [6.07, 6.45) is 0. The molecule has 0 spiro atoms. The van der Waals surface area contributed by atoms with Crippen LogP contribution in [0.2, 0.25) is 0 Å². The van der Waals surface area contributed by atoms with Crippen LogP contribution in [0.1, 0.15) is 27.7 Å². The molecule has 0 atom stereocenters. The predicted molar refractivity (Wildman–Crippen MR) is 430 cm³/mol. The molecule has 1 aliphatic rings. The van der Waals surface area contributed by atoms with E-state index in [0.717, 1.165) is 31.3 Å². The van der Waals surface area contributed by atoms with Gasteiger partial charge in [-0.3, -0.25) is 0 Å². The Morgan fingerprint density at radius 3 is 0.969 bits per heavy atom. The molecular formula is C90H68BBr2IN2O2. The first-order valence-electron chi connectivity index (χ1n) is 33.1. The molecule has 1 saturated heterocycles. The molecule has 14 aromatic carbocycles. The number of hydrogen-bond acceptors (Lipinski definition) is 2. The highest BCUT2D eigenvalue weighted by Gasteiger charge is 2.51. The smallest absolute Gasteiger partial charge is 0.399 e. The van der Waals surface area contributed by atoms with Crippen molar-refractivity contribution in [3.05, 3.63) is 352 Å². The van der Waals surface area contributed by atoms with Crippen molar-refractivity contribution in [2.75, 3.05) is 0 Å². The number of nitrogens with zero attached hydrogens (tertiary/aromatic N) is 2. The number of halogens is 3. The number of aromatic nitrogens is 2. The van der Waals surface area contributed by atoms with Crippen LogP contribution in [0.25, 0.3) is 133 Å². The van der Waals surface area contributed by atoms with Crippen molar-refractivity contribution in [3.8, 4) is 89.3 Å². The van der Waals surface area contributed by atoms with Crippen LogP contribution < -0.4 is 5.46 Å². The molecule has 0 N–H and O–H groups in total. The Balaban J connectivity index is 0.000000134. The van der Waals surface area contributed by atoms with Crippen LogP contribution in [0.5, 0.6) is 0 Å². The molecule has 16 aromatic rings.